The van der Waals surface area contributed by atoms with Crippen molar-refractivity contribution in [1.82, 2.24) is 10.1 Å². The molecular formula is C13H14ClN3O2. The van der Waals surface area contributed by atoms with Crippen molar-refractivity contribution >= 4 is 11.6 Å². The molecule has 0 aliphatic carbocycles. The minimum absolute atomic E-state index is 0.210. The van der Waals surface area contributed by atoms with Crippen LogP contribution in [0.1, 0.15) is 25.3 Å². The number of fused-ring (bicyclic) bond motifs is 1. The Morgan fingerprint density at radius 2 is 2.21 bits per heavy atom. The van der Waals surface area contributed by atoms with Gasteiger partial charge in [-0.1, -0.05) is 16.8 Å². The highest BCUT2D eigenvalue weighted by Gasteiger charge is 2.33. The zero-order valence-corrected chi connectivity index (χ0v) is 11.5. The van der Waals surface area contributed by atoms with Gasteiger partial charge in [0.15, 0.2) is 0 Å². The molecule has 100 valence electrons. The second kappa shape index (κ2) is 4.21. The van der Waals surface area contributed by atoms with Crippen LogP contribution in [-0.2, 0) is 13.0 Å². The first-order chi connectivity index (χ1) is 8.98. The number of aromatic nitrogens is 2. The van der Waals surface area contributed by atoms with Gasteiger partial charge in [-0.2, -0.15) is 4.98 Å². The fourth-order valence-corrected chi connectivity index (χ4v) is 2.53. The molecule has 0 bridgehead atoms. The van der Waals surface area contributed by atoms with E-state index in [1.54, 1.807) is 6.07 Å². The summed E-state index contributed by atoms with van der Waals surface area (Å²) in [7, 11) is 0. The average Bonchev–Trinajstić information content (AvgIpc) is 2.90. The Balaban J connectivity index is 2.13. The van der Waals surface area contributed by atoms with Gasteiger partial charge >= 0.3 is 0 Å². The van der Waals surface area contributed by atoms with E-state index < -0.39 is 0 Å². The summed E-state index contributed by atoms with van der Waals surface area (Å²) in [5.74, 6) is 1.62. The standard InChI is InChI=1S/C13H14ClN3O2/c1-13(2)5-7-3-8(14)4-9(11(7)18-13)12-16-10(6-15)19-17-12/h3-4H,5-6,15H2,1-2H3. The van der Waals surface area contributed by atoms with Crippen molar-refractivity contribution in [2.24, 2.45) is 5.73 Å². The molecule has 6 heteroatoms. The fourth-order valence-electron chi connectivity index (χ4n) is 2.29. The first-order valence-corrected chi connectivity index (χ1v) is 6.41. The molecule has 19 heavy (non-hydrogen) atoms. The SMILES string of the molecule is CC1(C)Cc2cc(Cl)cc(-c3noc(CN)n3)c2O1. The Labute approximate surface area is 115 Å². The fraction of sp³-hybridized carbons (Fsp3) is 0.385. The Bertz CT molecular complexity index is 637. The van der Waals surface area contributed by atoms with E-state index >= 15 is 0 Å². The van der Waals surface area contributed by atoms with Crippen molar-refractivity contribution in [3.8, 4) is 17.1 Å². The number of hydrogen-bond acceptors (Lipinski definition) is 5. The minimum atomic E-state index is -0.248. The molecule has 0 spiro atoms. The Kier molecular flexibility index (Phi) is 2.76. The van der Waals surface area contributed by atoms with E-state index in [-0.39, 0.29) is 12.1 Å². The van der Waals surface area contributed by atoms with E-state index in [4.69, 9.17) is 26.6 Å². The summed E-state index contributed by atoms with van der Waals surface area (Å²) >= 11 is 6.15. The van der Waals surface area contributed by atoms with Gasteiger partial charge < -0.3 is 15.0 Å². The number of hydrogen-bond donors (Lipinski definition) is 1. The molecule has 2 heterocycles. The van der Waals surface area contributed by atoms with Crippen molar-refractivity contribution < 1.29 is 9.26 Å². The van der Waals surface area contributed by atoms with Crippen LogP contribution in [-0.4, -0.2) is 15.7 Å². The quantitative estimate of drug-likeness (QED) is 0.914. The molecule has 0 unspecified atom stereocenters. The van der Waals surface area contributed by atoms with Crippen LogP contribution in [0.3, 0.4) is 0 Å². The first-order valence-electron chi connectivity index (χ1n) is 6.03. The summed E-state index contributed by atoms with van der Waals surface area (Å²) in [6.45, 7) is 4.28. The molecule has 0 saturated heterocycles. The lowest BCUT2D eigenvalue weighted by molar-refractivity contribution is 0.139. The van der Waals surface area contributed by atoms with Crippen LogP contribution >= 0.6 is 11.6 Å². The molecule has 0 fully saturated rings. The Morgan fingerprint density at radius 1 is 1.42 bits per heavy atom. The average molecular weight is 280 g/mol. The number of ether oxygens (including phenoxy) is 1. The highest BCUT2D eigenvalue weighted by molar-refractivity contribution is 6.31. The number of halogens is 1. The predicted octanol–water partition coefficient (Wildman–Crippen LogP) is 2.56. The molecular weight excluding hydrogens is 266 g/mol. The van der Waals surface area contributed by atoms with Crippen molar-refractivity contribution in [3.05, 3.63) is 28.6 Å². The second-order valence-electron chi connectivity index (χ2n) is 5.20. The predicted molar refractivity (Wildman–Crippen MR) is 71.0 cm³/mol. The van der Waals surface area contributed by atoms with Crippen LogP contribution in [0.5, 0.6) is 5.75 Å². The third kappa shape index (κ3) is 2.19. The van der Waals surface area contributed by atoms with E-state index in [0.29, 0.717) is 16.7 Å². The van der Waals surface area contributed by atoms with Crippen molar-refractivity contribution in [2.45, 2.75) is 32.4 Å². The molecule has 2 N–H and O–H groups in total. The van der Waals surface area contributed by atoms with Crippen LogP contribution in [0.4, 0.5) is 0 Å². The van der Waals surface area contributed by atoms with Gasteiger partial charge in [0.25, 0.3) is 0 Å². The lowest BCUT2D eigenvalue weighted by atomic mass is 10.0. The zero-order valence-electron chi connectivity index (χ0n) is 10.7. The van der Waals surface area contributed by atoms with Crippen molar-refractivity contribution in [2.75, 3.05) is 0 Å². The van der Waals surface area contributed by atoms with E-state index in [1.807, 2.05) is 19.9 Å². The molecule has 1 aromatic carbocycles. The summed E-state index contributed by atoms with van der Waals surface area (Å²) in [6.07, 6.45) is 0.803. The molecule has 3 rings (SSSR count). The first kappa shape index (κ1) is 12.4. The summed E-state index contributed by atoms with van der Waals surface area (Å²) in [6, 6.07) is 3.70. The van der Waals surface area contributed by atoms with Gasteiger partial charge in [-0.15, -0.1) is 0 Å². The molecule has 1 aromatic heterocycles. The third-order valence-corrected chi connectivity index (χ3v) is 3.23. The third-order valence-electron chi connectivity index (χ3n) is 3.01. The molecule has 0 radical (unpaired) electrons. The van der Waals surface area contributed by atoms with Crippen LogP contribution in [0.15, 0.2) is 16.7 Å². The summed E-state index contributed by atoms with van der Waals surface area (Å²) in [5.41, 5.74) is 7.03. The minimum Gasteiger partial charge on any atom is -0.486 e. The topological polar surface area (TPSA) is 74.2 Å². The molecule has 1 aliphatic heterocycles. The smallest absolute Gasteiger partial charge is 0.240 e. The van der Waals surface area contributed by atoms with E-state index in [2.05, 4.69) is 10.1 Å². The normalized spacial score (nSPS) is 16.2. The molecule has 0 saturated carbocycles. The van der Waals surface area contributed by atoms with Crippen LogP contribution in [0.25, 0.3) is 11.4 Å². The summed E-state index contributed by atoms with van der Waals surface area (Å²) in [5, 5.41) is 4.55. The monoisotopic (exact) mass is 279 g/mol. The number of nitrogens with zero attached hydrogens (tertiary/aromatic N) is 2. The number of nitrogens with two attached hydrogens (primary N) is 1. The number of rotatable bonds is 2. The van der Waals surface area contributed by atoms with Crippen LogP contribution in [0, 0.1) is 0 Å². The van der Waals surface area contributed by atoms with Gasteiger partial charge in [0.1, 0.15) is 11.4 Å². The molecule has 2 aromatic rings. The second-order valence-corrected chi connectivity index (χ2v) is 5.63. The Morgan fingerprint density at radius 3 is 2.89 bits per heavy atom. The summed E-state index contributed by atoms with van der Waals surface area (Å²) < 4.78 is 11.0. The lowest BCUT2D eigenvalue weighted by Gasteiger charge is -2.17. The van der Waals surface area contributed by atoms with E-state index in [9.17, 15) is 0 Å². The molecule has 1 aliphatic rings. The largest absolute Gasteiger partial charge is 0.486 e. The van der Waals surface area contributed by atoms with Gasteiger partial charge in [0.2, 0.25) is 11.7 Å². The summed E-state index contributed by atoms with van der Waals surface area (Å²) in [4.78, 5) is 4.22. The van der Waals surface area contributed by atoms with Gasteiger partial charge in [0.05, 0.1) is 12.1 Å². The van der Waals surface area contributed by atoms with Gasteiger partial charge in [-0.05, 0) is 26.0 Å². The van der Waals surface area contributed by atoms with Gasteiger partial charge in [-0.25, -0.2) is 0 Å². The lowest BCUT2D eigenvalue weighted by Crippen LogP contribution is -2.24. The zero-order chi connectivity index (χ0) is 13.6. The Hall–Kier alpha value is -1.59. The van der Waals surface area contributed by atoms with Crippen LogP contribution < -0.4 is 10.5 Å². The number of benzene rings is 1. The molecule has 0 atom stereocenters. The van der Waals surface area contributed by atoms with Gasteiger partial charge in [-0.3, -0.25) is 0 Å². The highest BCUT2D eigenvalue weighted by Crippen LogP contribution is 2.43. The maximum absolute atomic E-state index is 6.15. The maximum atomic E-state index is 6.15. The van der Waals surface area contributed by atoms with Gasteiger partial charge in [0, 0.05) is 17.0 Å². The van der Waals surface area contributed by atoms with Crippen molar-refractivity contribution in [3.63, 3.8) is 0 Å². The molecule has 0 amide bonds. The molecule has 5 nitrogen and oxygen atoms in total. The van der Waals surface area contributed by atoms with Crippen molar-refractivity contribution in [1.29, 1.82) is 0 Å². The van der Waals surface area contributed by atoms with Crippen LogP contribution in [0.2, 0.25) is 5.02 Å². The maximum Gasteiger partial charge on any atom is 0.240 e. The van der Waals surface area contributed by atoms with E-state index in [1.165, 1.54) is 0 Å². The highest BCUT2D eigenvalue weighted by atomic mass is 35.5. The van der Waals surface area contributed by atoms with E-state index in [0.717, 1.165) is 23.3 Å².